The Hall–Kier alpha value is -1.73. The van der Waals surface area contributed by atoms with Crippen LogP contribution in [0, 0.1) is 13.3 Å². The largest absolute Gasteiger partial charge is 0.443 e. The van der Waals surface area contributed by atoms with Gasteiger partial charge >= 0.3 is 5.97 Å². The molecule has 2 saturated heterocycles. The van der Waals surface area contributed by atoms with Crippen molar-refractivity contribution in [1.29, 1.82) is 0 Å². The molecule has 3 heterocycles. The van der Waals surface area contributed by atoms with Crippen molar-refractivity contribution in [1.82, 2.24) is 14.9 Å². The van der Waals surface area contributed by atoms with E-state index in [1.807, 2.05) is 13.8 Å². The summed E-state index contributed by atoms with van der Waals surface area (Å²) in [4.78, 5) is 25.4. The van der Waals surface area contributed by atoms with Gasteiger partial charge in [0.2, 0.25) is 0 Å². The summed E-state index contributed by atoms with van der Waals surface area (Å²) >= 11 is 0. The molecule has 7 nitrogen and oxygen atoms in total. The number of hydrogen-bond donors (Lipinski definition) is 0. The first-order chi connectivity index (χ1) is 11.7. The van der Waals surface area contributed by atoms with Gasteiger partial charge in [-0.2, -0.15) is 0 Å². The number of rotatable bonds is 4. The van der Waals surface area contributed by atoms with Gasteiger partial charge in [-0.25, -0.2) is 14.8 Å². The summed E-state index contributed by atoms with van der Waals surface area (Å²) in [6, 6.07) is 0. The van der Waals surface area contributed by atoms with Crippen LogP contribution in [-0.2, 0) is 9.47 Å². The second-order valence-electron chi connectivity index (χ2n) is 6.31. The zero-order valence-corrected chi connectivity index (χ0v) is 14.5. The Kier molecular flexibility index (Phi) is 5.63. The number of hydrogen-bond acceptors (Lipinski definition) is 7. The quantitative estimate of drug-likeness (QED) is 0.772. The fourth-order valence-electron chi connectivity index (χ4n) is 3.22. The zero-order valence-electron chi connectivity index (χ0n) is 14.5. The molecule has 1 unspecified atom stereocenters. The Balaban J connectivity index is 1.75. The average molecular weight is 333 g/mol. The zero-order chi connectivity index (χ0) is 16.9. The molecule has 0 bridgehead atoms. The van der Waals surface area contributed by atoms with Crippen molar-refractivity contribution >= 4 is 11.8 Å². The number of aromatic nitrogens is 2. The van der Waals surface area contributed by atoms with Gasteiger partial charge in [-0.15, -0.1) is 0 Å². The molecular weight excluding hydrogens is 308 g/mol. The number of esters is 1. The minimum absolute atomic E-state index is 0.292. The van der Waals surface area contributed by atoms with Crippen molar-refractivity contribution in [3.8, 4) is 0 Å². The molecule has 0 aromatic carbocycles. The minimum Gasteiger partial charge on any atom is -0.443 e. The summed E-state index contributed by atoms with van der Waals surface area (Å²) in [6.45, 7) is 8.40. The van der Waals surface area contributed by atoms with Gasteiger partial charge in [-0.05, 0) is 33.1 Å². The number of carbonyl (C=O) groups is 1. The summed E-state index contributed by atoms with van der Waals surface area (Å²) in [6.07, 6.45) is 5.82. The third kappa shape index (κ3) is 3.84. The molecule has 2 aliphatic rings. The monoisotopic (exact) mass is 333 g/mol. The maximum Gasteiger partial charge on any atom is 0.345 e. The Morgan fingerprint density at radius 1 is 1.17 bits per heavy atom. The van der Waals surface area contributed by atoms with E-state index < -0.39 is 0 Å². The molecule has 1 atom stereocenters. The fraction of sp³-hybridized carbons (Fsp3) is 0.706. The molecule has 0 aliphatic carbocycles. The van der Waals surface area contributed by atoms with E-state index >= 15 is 0 Å². The van der Waals surface area contributed by atoms with E-state index in [0.29, 0.717) is 30.3 Å². The van der Waals surface area contributed by atoms with E-state index in [4.69, 9.17) is 9.47 Å². The molecule has 0 saturated carbocycles. The van der Waals surface area contributed by atoms with E-state index in [2.05, 4.69) is 26.1 Å². The molecule has 7 heteroatoms. The summed E-state index contributed by atoms with van der Waals surface area (Å²) in [7, 11) is 0. The van der Waals surface area contributed by atoms with Crippen LogP contribution in [0.4, 0.5) is 5.82 Å². The van der Waals surface area contributed by atoms with Crippen LogP contribution in [0.3, 0.4) is 0 Å². The van der Waals surface area contributed by atoms with Crippen LogP contribution >= 0.6 is 0 Å². The highest BCUT2D eigenvalue weighted by molar-refractivity contribution is 5.96. The van der Waals surface area contributed by atoms with Crippen LogP contribution in [0.1, 0.15) is 42.2 Å². The lowest BCUT2D eigenvalue weighted by atomic mass is 10.1. The molecule has 3 rings (SSSR count). The molecule has 1 radical (unpaired) electrons. The van der Waals surface area contributed by atoms with Gasteiger partial charge in [0.25, 0.3) is 0 Å². The predicted octanol–water partition coefficient (Wildman–Crippen LogP) is 1.41. The van der Waals surface area contributed by atoms with Gasteiger partial charge < -0.3 is 14.4 Å². The highest BCUT2D eigenvalue weighted by Crippen LogP contribution is 2.24. The van der Waals surface area contributed by atoms with E-state index in [0.717, 1.165) is 39.0 Å². The lowest BCUT2D eigenvalue weighted by Gasteiger charge is -2.32. The second-order valence-corrected chi connectivity index (χ2v) is 6.31. The Bertz CT molecular complexity index is 569. The van der Waals surface area contributed by atoms with Gasteiger partial charge in [0.05, 0.1) is 18.9 Å². The first kappa shape index (κ1) is 17.1. The smallest absolute Gasteiger partial charge is 0.345 e. The number of ether oxygens (including phenoxy) is 2. The summed E-state index contributed by atoms with van der Waals surface area (Å²) in [5.74, 6) is 0.294. The standard InChI is InChI=1S/C17H25N4O3/c1-13-15(16(19-12-18-13)21-6-4-3-5-7-21)17(22)24-14(2)20-8-10-23-11-9-20/h14H,3-11H2,1-2H3. The highest BCUT2D eigenvalue weighted by atomic mass is 16.6. The van der Waals surface area contributed by atoms with Crippen molar-refractivity contribution < 1.29 is 14.3 Å². The first-order valence-electron chi connectivity index (χ1n) is 8.69. The van der Waals surface area contributed by atoms with Crippen molar-refractivity contribution in [2.75, 3.05) is 44.3 Å². The number of anilines is 1. The number of aryl methyl sites for hydroxylation is 1. The molecule has 1 aromatic rings. The average Bonchev–Trinajstić information content (AvgIpc) is 2.62. The van der Waals surface area contributed by atoms with Crippen LogP contribution in [0.2, 0.25) is 0 Å². The van der Waals surface area contributed by atoms with Gasteiger partial charge in [-0.3, -0.25) is 4.90 Å². The summed E-state index contributed by atoms with van der Waals surface area (Å²) < 4.78 is 11.0. The third-order valence-corrected chi connectivity index (χ3v) is 4.66. The molecule has 131 valence electrons. The molecule has 0 spiro atoms. The van der Waals surface area contributed by atoms with Gasteiger partial charge in [0.1, 0.15) is 11.4 Å². The Morgan fingerprint density at radius 3 is 2.58 bits per heavy atom. The second kappa shape index (κ2) is 7.90. The van der Waals surface area contributed by atoms with Gasteiger partial charge in [0.15, 0.2) is 12.6 Å². The van der Waals surface area contributed by atoms with Crippen LogP contribution in [0.15, 0.2) is 0 Å². The molecule has 1 aromatic heterocycles. The van der Waals surface area contributed by atoms with Crippen LogP contribution in [0.25, 0.3) is 0 Å². The van der Waals surface area contributed by atoms with Crippen LogP contribution in [0.5, 0.6) is 0 Å². The topological polar surface area (TPSA) is 67.8 Å². The van der Waals surface area contributed by atoms with Crippen LogP contribution < -0.4 is 4.90 Å². The van der Waals surface area contributed by atoms with Gasteiger partial charge in [-0.1, -0.05) is 0 Å². The van der Waals surface area contributed by atoms with Crippen molar-refractivity contribution in [2.45, 2.75) is 39.3 Å². The predicted molar refractivity (Wildman–Crippen MR) is 88.9 cm³/mol. The van der Waals surface area contributed by atoms with Crippen LogP contribution in [-0.4, -0.2) is 66.5 Å². The number of morpholine rings is 1. The number of piperidine rings is 1. The molecule has 0 amide bonds. The molecule has 2 aliphatic heterocycles. The molecular formula is C17H25N4O3. The lowest BCUT2D eigenvalue weighted by molar-refractivity contribution is -0.0636. The SMILES string of the molecule is Cc1n[c]nc(N2CCCCC2)c1C(=O)OC(C)N1CCOCC1. The maximum atomic E-state index is 12.8. The molecule has 24 heavy (non-hydrogen) atoms. The fourth-order valence-corrected chi connectivity index (χ4v) is 3.22. The van der Waals surface area contributed by atoms with Crippen molar-refractivity contribution in [2.24, 2.45) is 0 Å². The lowest BCUT2D eigenvalue weighted by Crippen LogP contribution is -2.44. The molecule has 0 N–H and O–H groups in total. The summed E-state index contributed by atoms with van der Waals surface area (Å²) in [5, 5.41) is 0. The Labute approximate surface area is 143 Å². The number of nitrogens with zero attached hydrogens (tertiary/aromatic N) is 4. The maximum absolute atomic E-state index is 12.8. The first-order valence-corrected chi connectivity index (χ1v) is 8.69. The normalized spacial score (nSPS) is 20.7. The van der Waals surface area contributed by atoms with E-state index in [1.54, 1.807) is 0 Å². The highest BCUT2D eigenvalue weighted by Gasteiger charge is 2.27. The van der Waals surface area contributed by atoms with E-state index in [9.17, 15) is 4.79 Å². The molecule has 2 fully saturated rings. The van der Waals surface area contributed by atoms with E-state index in [-0.39, 0.29) is 12.2 Å². The van der Waals surface area contributed by atoms with E-state index in [1.165, 1.54) is 6.42 Å². The third-order valence-electron chi connectivity index (χ3n) is 4.66. The van der Waals surface area contributed by atoms with Crippen molar-refractivity contribution in [3.63, 3.8) is 0 Å². The Morgan fingerprint density at radius 2 is 1.88 bits per heavy atom. The summed E-state index contributed by atoms with van der Waals surface area (Å²) in [5.41, 5.74) is 1.08. The van der Waals surface area contributed by atoms with Gasteiger partial charge in [0, 0.05) is 26.2 Å². The van der Waals surface area contributed by atoms with Crippen molar-refractivity contribution in [3.05, 3.63) is 17.6 Å². The number of carbonyl (C=O) groups excluding carboxylic acids is 1. The minimum atomic E-state index is -0.360.